The van der Waals surface area contributed by atoms with E-state index in [4.69, 9.17) is 10.7 Å². The van der Waals surface area contributed by atoms with Gasteiger partial charge in [-0.2, -0.15) is 5.26 Å². The Morgan fingerprint density at radius 1 is 1.38 bits per heavy atom. The number of benzene rings is 1. The van der Waals surface area contributed by atoms with Crippen molar-refractivity contribution < 1.29 is 0 Å². The second-order valence-electron chi connectivity index (χ2n) is 5.69. The third-order valence-corrected chi connectivity index (χ3v) is 4.24. The Balaban J connectivity index is 1.95. The maximum atomic E-state index is 9.38. The van der Waals surface area contributed by atoms with E-state index in [1.165, 1.54) is 12.8 Å². The Hall–Kier alpha value is -2.12. The third-order valence-electron chi connectivity index (χ3n) is 4.24. The zero-order valence-electron chi connectivity index (χ0n) is 12.1. The fourth-order valence-electron chi connectivity index (χ4n) is 3.16. The minimum Gasteiger partial charge on any atom is -0.356 e. The first kappa shape index (κ1) is 13.8. The number of aromatic nitrogens is 1. The van der Waals surface area contributed by atoms with E-state index in [1.54, 1.807) is 0 Å². The maximum absolute atomic E-state index is 9.38. The molecule has 2 heterocycles. The van der Waals surface area contributed by atoms with Crippen LogP contribution in [-0.2, 0) is 0 Å². The van der Waals surface area contributed by atoms with E-state index in [1.807, 2.05) is 30.3 Å². The number of nitriles is 1. The van der Waals surface area contributed by atoms with Gasteiger partial charge in [-0.25, -0.2) is 4.98 Å². The molecular weight excluding hydrogens is 260 g/mol. The highest BCUT2D eigenvalue weighted by Crippen LogP contribution is 2.27. The molecule has 0 radical (unpaired) electrons. The predicted octanol–water partition coefficient (Wildman–Crippen LogP) is 2.67. The highest BCUT2D eigenvalue weighted by molar-refractivity contribution is 5.86. The predicted molar refractivity (Wildman–Crippen MR) is 85.1 cm³/mol. The molecule has 1 aliphatic heterocycles. The van der Waals surface area contributed by atoms with Gasteiger partial charge in [-0.3, -0.25) is 0 Å². The zero-order valence-corrected chi connectivity index (χ0v) is 12.1. The van der Waals surface area contributed by atoms with Gasteiger partial charge in [0.1, 0.15) is 5.82 Å². The number of hydrogen-bond acceptors (Lipinski definition) is 4. The fraction of sp³-hybridized carbons (Fsp3) is 0.412. The van der Waals surface area contributed by atoms with Crippen LogP contribution in [0.25, 0.3) is 10.9 Å². The van der Waals surface area contributed by atoms with Crippen LogP contribution in [-0.4, -0.2) is 24.6 Å². The molecule has 1 saturated heterocycles. The summed E-state index contributed by atoms with van der Waals surface area (Å²) >= 11 is 0. The van der Waals surface area contributed by atoms with Crippen LogP contribution >= 0.6 is 0 Å². The number of hydrogen-bond donors (Lipinski definition) is 1. The minimum atomic E-state index is 0.641. The average Bonchev–Trinajstić information content (AvgIpc) is 2.54. The van der Waals surface area contributed by atoms with E-state index in [0.29, 0.717) is 11.5 Å². The lowest BCUT2D eigenvalue weighted by Crippen LogP contribution is -2.36. The largest absolute Gasteiger partial charge is 0.356 e. The van der Waals surface area contributed by atoms with Crippen LogP contribution in [0.5, 0.6) is 0 Å². The Kier molecular flexibility index (Phi) is 4.03. The van der Waals surface area contributed by atoms with Gasteiger partial charge in [0.2, 0.25) is 0 Å². The van der Waals surface area contributed by atoms with E-state index in [0.717, 1.165) is 42.8 Å². The molecule has 0 amide bonds. The molecule has 1 aromatic heterocycles. The van der Waals surface area contributed by atoms with E-state index in [9.17, 15) is 5.26 Å². The van der Waals surface area contributed by atoms with Crippen molar-refractivity contribution in [1.29, 1.82) is 5.26 Å². The van der Waals surface area contributed by atoms with Gasteiger partial charge in [0.25, 0.3) is 0 Å². The molecule has 0 spiro atoms. The summed E-state index contributed by atoms with van der Waals surface area (Å²) in [6.07, 6.45) is 3.47. The first-order chi connectivity index (χ1) is 10.3. The highest BCUT2D eigenvalue weighted by atomic mass is 15.2. The van der Waals surface area contributed by atoms with Gasteiger partial charge in [0.15, 0.2) is 0 Å². The van der Waals surface area contributed by atoms with Crippen molar-refractivity contribution in [3.8, 4) is 6.07 Å². The Morgan fingerprint density at radius 3 is 3.05 bits per heavy atom. The molecule has 21 heavy (non-hydrogen) atoms. The fourth-order valence-corrected chi connectivity index (χ4v) is 3.16. The van der Waals surface area contributed by atoms with Crippen molar-refractivity contribution in [2.75, 3.05) is 24.5 Å². The number of rotatable bonds is 3. The number of piperidine rings is 1. The van der Waals surface area contributed by atoms with Gasteiger partial charge in [-0.05, 0) is 43.9 Å². The molecule has 1 unspecified atom stereocenters. The lowest BCUT2D eigenvalue weighted by Gasteiger charge is -2.33. The number of nitrogens with two attached hydrogens (primary N) is 1. The number of para-hydroxylation sites is 1. The average molecular weight is 280 g/mol. The summed E-state index contributed by atoms with van der Waals surface area (Å²) in [5, 5.41) is 10.3. The summed E-state index contributed by atoms with van der Waals surface area (Å²) in [6, 6.07) is 12.1. The SMILES string of the molecule is N#Cc1cc(N2CCCC(CCN)C2)nc2ccccc12. The third kappa shape index (κ3) is 2.84. The van der Waals surface area contributed by atoms with Crippen molar-refractivity contribution in [1.82, 2.24) is 4.98 Å². The molecule has 108 valence electrons. The van der Waals surface area contributed by atoms with E-state index in [-0.39, 0.29) is 0 Å². The van der Waals surface area contributed by atoms with Crippen molar-refractivity contribution in [3.63, 3.8) is 0 Å². The quantitative estimate of drug-likeness (QED) is 0.938. The van der Waals surface area contributed by atoms with Crippen LogP contribution in [0.15, 0.2) is 30.3 Å². The van der Waals surface area contributed by atoms with Gasteiger partial charge in [-0.15, -0.1) is 0 Å². The Bertz CT molecular complexity index is 672. The van der Waals surface area contributed by atoms with Crippen LogP contribution in [0.2, 0.25) is 0 Å². The van der Waals surface area contributed by atoms with Crippen molar-refractivity contribution in [3.05, 3.63) is 35.9 Å². The summed E-state index contributed by atoms with van der Waals surface area (Å²) < 4.78 is 0. The van der Waals surface area contributed by atoms with Crippen molar-refractivity contribution in [2.24, 2.45) is 11.7 Å². The summed E-state index contributed by atoms with van der Waals surface area (Å²) in [5.41, 5.74) is 7.29. The summed E-state index contributed by atoms with van der Waals surface area (Å²) in [7, 11) is 0. The van der Waals surface area contributed by atoms with E-state index in [2.05, 4.69) is 11.0 Å². The van der Waals surface area contributed by atoms with Gasteiger partial charge < -0.3 is 10.6 Å². The molecule has 1 aromatic carbocycles. The molecule has 2 N–H and O–H groups in total. The number of fused-ring (bicyclic) bond motifs is 1. The zero-order chi connectivity index (χ0) is 14.7. The molecule has 1 atom stereocenters. The smallest absolute Gasteiger partial charge is 0.130 e. The van der Waals surface area contributed by atoms with Crippen LogP contribution in [0.3, 0.4) is 0 Å². The summed E-state index contributed by atoms with van der Waals surface area (Å²) in [5.74, 6) is 1.56. The molecule has 1 aliphatic rings. The van der Waals surface area contributed by atoms with Crippen molar-refractivity contribution in [2.45, 2.75) is 19.3 Å². The van der Waals surface area contributed by atoms with Crippen LogP contribution in [0.1, 0.15) is 24.8 Å². The molecular formula is C17H20N4. The molecule has 1 fully saturated rings. The number of pyridine rings is 1. The summed E-state index contributed by atoms with van der Waals surface area (Å²) in [6.45, 7) is 2.75. The van der Waals surface area contributed by atoms with Crippen molar-refractivity contribution >= 4 is 16.7 Å². The van der Waals surface area contributed by atoms with Gasteiger partial charge >= 0.3 is 0 Å². The molecule has 4 heteroatoms. The molecule has 0 saturated carbocycles. The van der Waals surface area contributed by atoms with Crippen LogP contribution < -0.4 is 10.6 Å². The Morgan fingerprint density at radius 2 is 2.24 bits per heavy atom. The molecule has 2 aromatic rings. The van der Waals surface area contributed by atoms with Gasteiger partial charge in [0.05, 0.1) is 17.1 Å². The molecule has 0 bridgehead atoms. The topological polar surface area (TPSA) is 65.9 Å². The van der Waals surface area contributed by atoms with E-state index >= 15 is 0 Å². The normalized spacial score (nSPS) is 18.7. The van der Waals surface area contributed by atoms with Gasteiger partial charge in [0, 0.05) is 18.5 Å². The first-order valence-corrected chi connectivity index (χ1v) is 7.56. The standard InChI is InChI=1S/C17H20N4/c18-8-7-13-4-3-9-21(12-13)17-10-14(11-19)15-5-1-2-6-16(15)20-17/h1-2,5-6,10,13H,3-4,7-9,12,18H2. The summed E-state index contributed by atoms with van der Waals surface area (Å²) in [4.78, 5) is 7.05. The lowest BCUT2D eigenvalue weighted by atomic mass is 9.95. The lowest BCUT2D eigenvalue weighted by molar-refractivity contribution is 0.394. The van der Waals surface area contributed by atoms with Crippen LogP contribution in [0, 0.1) is 17.2 Å². The number of anilines is 1. The molecule has 0 aliphatic carbocycles. The molecule has 4 nitrogen and oxygen atoms in total. The molecule has 3 rings (SSSR count). The van der Waals surface area contributed by atoms with Crippen LogP contribution in [0.4, 0.5) is 5.82 Å². The number of nitrogens with zero attached hydrogens (tertiary/aromatic N) is 3. The second kappa shape index (κ2) is 6.11. The van der Waals surface area contributed by atoms with Gasteiger partial charge in [-0.1, -0.05) is 18.2 Å². The Labute approximate surface area is 125 Å². The first-order valence-electron chi connectivity index (χ1n) is 7.56. The maximum Gasteiger partial charge on any atom is 0.130 e. The minimum absolute atomic E-state index is 0.641. The monoisotopic (exact) mass is 280 g/mol. The van der Waals surface area contributed by atoms with E-state index < -0.39 is 0 Å². The second-order valence-corrected chi connectivity index (χ2v) is 5.69. The highest BCUT2D eigenvalue weighted by Gasteiger charge is 2.21.